The minimum atomic E-state index is 0.175. The predicted molar refractivity (Wildman–Crippen MR) is 72.4 cm³/mol. The molecule has 3 heteroatoms. The monoisotopic (exact) mass is 256 g/mol. The van der Waals surface area contributed by atoms with E-state index >= 15 is 0 Å². The van der Waals surface area contributed by atoms with E-state index in [1.54, 1.807) is 0 Å². The maximum absolute atomic E-state index is 11.7. The van der Waals surface area contributed by atoms with Gasteiger partial charge in [-0.3, -0.25) is 4.79 Å². The van der Waals surface area contributed by atoms with Crippen molar-refractivity contribution in [3.63, 3.8) is 0 Å². The summed E-state index contributed by atoms with van der Waals surface area (Å²) < 4.78 is 6.01. The Kier molecular flexibility index (Phi) is 4.53. The lowest BCUT2D eigenvalue weighted by Crippen LogP contribution is -2.40. The number of ether oxygens (including phenoxy) is 1. The van der Waals surface area contributed by atoms with Crippen LogP contribution in [0.15, 0.2) is 0 Å². The molecule has 0 aliphatic carbocycles. The van der Waals surface area contributed by atoms with E-state index in [0.717, 1.165) is 25.9 Å². The van der Waals surface area contributed by atoms with Crippen molar-refractivity contribution < 1.29 is 9.53 Å². The third-order valence-electron chi connectivity index (χ3n) is 4.11. The Morgan fingerprint density at radius 2 is 2.35 bits per heavy atom. The Bertz CT molecular complexity index is 269. The summed E-state index contributed by atoms with van der Waals surface area (Å²) in [4.78, 5) is 11.7. The maximum atomic E-state index is 11.7. The lowest BCUT2D eigenvalue weighted by atomic mass is 9.82. The normalized spacial score (nSPS) is 33.5. The molecule has 0 N–H and O–H groups in total. The van der Waals surface area contributed by atoms with Crippen molar-refractivity contribution in [1.82, 2.24) is 0 Å². The summed E-state index contributed by atoms with van der Waals surface area (Å²) in [6.07, 6.45) is 5.40. The van der Waals surface area contributed by atoms with Crippen molar-refractivity contribution in [3.8, 4) is 0 Å². The lowest BCUT2D eigenvalue weighted by Gasteiger charge is -2.37. The van der Waals surface area contributed by atoms with Crippen LogP contribution in [0.5, 0.6) is 0 Å². The molecule has 2 atom stereocenters. The van der Waals surface area contributed by atoms with Gasteiger partial charge < -0.3 is 4.74 Å². The molecule has 0 aromatic heterocycles. The topological polar surface area (TPSA) is 26.3 Å². The summed E-state index contributed by atoms with van der Waals surface area (Å²) in [5.41, 5.74) is 0.175. The Morgan fingerprint density at radius 3 is 3.00 bits per heavy atom. The van der Waals surface area contributed by atoms with Crippen LogP contribution in [0, 0.1) is 11.8 Å². The van der Waals surface area contributed by atoms with Gasteiger partial charge in [0, 0.05) is 24.7 Å². The highest BCUT2D eigenvalue weighted by atomic mass is 32.2. The van der Waals surface area contributed by atoms with Gasteiger partial charge >= 0.3 is 0 Å². The predicted octanol–water partition coefficient (Wildman–Crippen LogP) is 3.29. The quantitative estimate of drug-likeness (QED) is 0.772. The summed E-state index contributed by atoms with van der Waals surface area (Å²) in [5.74, 6) is 3.75. The van der Waals surface area contributed by atoms with Gasteiger partial charge in [-0.25, -0.2) is 0 Å². The van der Waals surface area contributed by atoms with Crippen molar-refractivity contribution in [3.05, 3.63) is 0 Å². The first-order valence-corrected chi connectivity index (χ1v) is 8.01. The first kappa shape index (κ1) is 13.4. The van der Waals surface area contributed by atoms with Crippen molar-refractivity contribution >= 4 is 17.5 Å². The van der Waals surface area contributed by atoms with E-state index < -0.39 is 0 Å². The number of carbonyl (C=O) groups excluding carboxylic acids is 1. The van der Waals surface area contributed by atoms with Crippen LogP contribution in [0.3, 0.4) is 0 Å². The SMILES string of the molecule is CC(C)C(=O)CCC1CCOC2(CCSC2)C1. The molecular formula is C14H24O2S. The molecule has 2 rings (SSSR count). The molecule has 2 aliphatic heterocycles. The van der Waals surface area contributed by atoms with Crippen molar-refractivity contribution in [2.45, 2.75) is 51.6 Å². The van der Waals surface area contributed by atoms with Gasteiger partial charge in [-0.1, -0.05) is 13.8 Å². The zero-order valence-electron chi connectivity index (χ0n) is 11.0. The number of thioether (sulfide) groups is 1. The van der Waals surface area contributed by atoms with Gasteiger partial charge in [-0.2, -0.15) is 11.8 Å². The Morgan fingerprint density at radius 1 is 1.53 bits per heavy atom. The lowest BCUT2D eigenvalue weighted by molar-refractivity contribution is -0.123. The summed E-state index contributed by atoms with van der Waals surface area (Å²) in [7, 11) is 0. The summed E-state index contributed by atoms with van der Waals surface area (Å²) >= 11 is 2.02. The van der Waals surface area contributed by atoms with Gasteiger partial charge in [0.25, 0.3) is 0 Å². The van der Waals surface area contributed by atoms with Gasteiger partial charge in [0.15, 0.2) is 0 Å². The van der Waals surface area contributed by atoms with E-state index in [1.807, 2.05) is 25.6 Å². The number of hydrogen-bond donors (Lipinski definition) is 0. The Balaban J connectivity index is 1.79. The molecule has 2 saturated heterocycles. The summed E-state index contributed by atoms with van der Waals surface area (Å²) in [5, 5.41) is 0. The van der Waals surface area contributed by atoms with Crippen LogP contribution < -0.4 is 0 Å². The number of carbonyl (C=O) groups is 1. The molecule has 17 heavy (non-hydrogen) atoms. The molecule has 2 aliphatic rings. The Hall–Kier alpha value is -0.0200. The fraction of sp³-hybridized carbons (Fsp3) is 0.929. The average molecular weight is 256 g/mol. The van der Waals surface area contributed by atoms with Gasteiger partial charge in [0.2, 0.25) is 0 Å². The van der Waals surface area contributed by atoms with E-state index in [1.165, 1.54) is 24.3 Å². The molecule has 2 unspecified atom stereocenters. The molecule has 1 spiro atoms. The van der Waals surface area contributed by atoms with Crippen LogP contribution in [0.2, 0.25) is 0 Å². The van der Waals surface area contributed by atoms with Gasteiger partial charge in [0.05, 0.1) is 5.60 Å². The van der Waals surface area contributed by atoms with Crippen LogP contribution >= 0.6 is 11.8 Å². The zero-order chi connectivity index (χ0) is 12.3. The van der Waals surface area contributed by atoms with Crippen LogP contribution in [-0.4, -0.2) is 29.5 Å². The minimum Gasteiger partial charge on any atom is -0.374 e. The molecule has 0 radical (unpaired) electrons. The van der Waals surface area contributed by atoms with E-state index in [-0.39, 0.29) is 11.5 Å². The van der Waals surface area contributed by atoms with Crippen LogP contribution in [0.4, 0.5) is 0 Å². The Labute approximate surface area is 109 Å². The molecule has 2 nitrogen and oxygen atoms in total. The summed E-state index contributed by atoms with van der Waals surface area (Å²) in [6, 6.07) is 0. The molecule has 0 aromatic rings. The standard InChI is InChI=1S/C14H24O2S/c1-11(2)13(15)4-3-12-5-7-16-14(9-12)6-8-17-10-14/h11-12H,3-10H2,1-2H3. The fourth-order valence-electron chi connectivity index (χ4n) is 2.87. The van der Waals surface area contributed by atoms with E-state index in [2.05, 4.69) is 0 Å². The van der Waals surface area contributed by atoms with E-state index in [9.17, 15) is 4.79 Å². The number of rotatable bonds is 4. The van der Waals surface area contributed by atoms with Gasteiger partial charge in [0.1, 0.15) is 5.78 Å². The fourth-order valence-corrected chi connectivity index (χ4v) is 4.25. The van der Waals surface area contributed by atoms with Crippen LogP contribution in [0.25, 0.3) is 0 Å². The molecule has 0 saturated carbocycles. The first-order chi connectivity index (χ1) is 8.11. The minimum absolute atomic E-state index is 0.175. The second-order valence-corrected chi connectivity index (χ2v) is 6.96. The number of Topliss-reactive ketones (excluding diaryl/α,β-unsaturated/α-hetero) is 1. The van der Waals surface area contributed by atoms with Gasteiger partial charge in [-0.15, -0.1) is 0 Å². The first-order valence-electron chi connectivity index (χ1n) is 6.86. The second-order valence-electron chi connectivity index (χ2n) is 5.85. The number of ketones is 1. The van der Waals surface area contributed by atoms with Crippen molar-refractivity contribution in [1.29, 1.82) is 0 Å². The van der Waals surface area contributed by atoms with Crippen LogP contribution in [0.1, 0.15) is 46.0 Å². The highest BCUT2D eigenvalue weighted by molar-refractivity contribution is 7.99. The third-order valence-corrected chi connectivity index (χ3v) is 5.33. The molecule has 98 valence electrons. The maximum Gasteiger partial charge on any atom is 0.135 e. The highest BCUT2D eigenvalue weighted by Gasteiger charge is 2.40. The third kappa shape index (κ3) is 3.47. The van der Waals surface area contributed by atoms with Crippen molar-refractivity contribution in [2.75, 3.05) is 18.1 Å². The molecule has 0 amide bonds. The summed E-state index contributed by atoms with van der Waals surface area (Å²) in [6.45, 7) is 4.91. The zero-order valence-corrected chi connectivity index (χ0v) is 11.9. The molecule has 2 heterocycles. The second kappa shape index (κ2) is 5.75. The molecule has 0 aromatic carbocycles. The number of hydrogen-bond acceptors (Lipinski definition) is 3. The smallest absolute Gasteiger partial charge is 0.135 e. The van der Waals surface area contributed by atoms with Crippen LogP contribution in [-0.2, 0) is 9.53 Å². The average Bonchev–Trinajstić information content (AvgIpc) is 2.74. The van der Waals surface area contributed by atoms with Crippen molar-refractivity contribution in [2.24, 2.45) is 11.8 Å². The van der Waals surface area contributed by atoms with E-state index in [0.29, 0.717) is 11.7 Å². The molecule has 0 bridgehead atoms. The molecular weight excluding hydrogens is 232 g/mol. The van der Waals surface area contributed by atoms with E-state index in [4.69, 9.17) is 4.74 Å². The largest absolute Gasteiger partial charge is 0.374 e. The van der Waals surface area contributed by atoms with Gasteiger partial charge in [-0.05, 0) is 37.4 Å². The highest BCUT2D eigenvalue weighted by Crippen LogP contribution is 2.41. The molecule has 2 fully saturated rings.